The van der Waals surface area contributed by atoms with Gasteiger partial charge < -0.3 is 10.4 Å². The summed E-state index contributed by atoms with van der Waals surface area (Å²) < 4.78 is 0. The van der Waals surface area contributed by atoms with Gasteiger partial charge in [0.25, 0.3) is 0 Å². The van der Waals surface area contributed by atoms with Crippen molar-refractivity contribution in [2.75, 3.05) is 18.1 Å². The van der Waals surface area contributed by atoms with Gasteiger partial charge in [-0.15, -0.1) is 11.8 Å². The van der Waals surface area contributed by atoms with Crippen LogP contribution in [0.25, 0.3) is 0 Å². The lowest BCUT2D eigenvalue weighted by Crippen LogP contribution is -2.31. The standard InChI is InChI=1S/C21H25NO2S/c23-20(17-8-2-1-3-9-17)14-25-15-21(24)22-13-18-11-6-10-16-7-4-5-12-19(16)18/h1-5,7-9,12,18,20,23H,6,10-11,13-15H2,(H,22,24). The molecule has 3 nitrogen and oxygen atoms in total. The molecule has 0 aromatic heterocycles. The van der Waals surface area contributed by atoms with E-state index in [0.29, 0.717) is 24.0 Å². The number of thioether (sulfide) groups is 1. The molecule has 2 atom stereocenters. The molecule has 0 spiro atoms. The Hall–Kier alpha value is -1.78. The number of benzene rings is 2. The van der Waals surface area contributed by atoms with Crippen molar-refractivity contribution < 1.29 is 9.90 Å². The third-order valence-electron chi connectivity index (χ3n) is 4.73. The summed E-state index contributed by atoms with van der Waals surface area (Å²) >= 11 is 1.47. The van der Waals surface area contributed by atoms with Crippen molar-refractivity contribution in [3.63, 3.8) is 0 Å². The molecule has 132 valence electrons. The lowest BCUT2D eigenvalue weighted by Gasteiger charge is -2.25. The van der Waals surface area contributed by atoms with E-state index in [9.17, 15) is 9.90 Å². The maximum atomic E-state index is 12.1. The molecule has 1 amide bonds. The summed E-state index contributed by atoms with van der Waals surface area (Å²) in [7, 11) is 0. The molecule has 0 aliphatic heterocycles. The normalized spacial score (nSPS) is 17.6. The van der Waals surface area contributed by atoms with Gasteiger partial charge in [-0.1, -0.05) is 54.6 Å². The van der Waals surface area contributed by atoms with Gasteiger partial charge in [-0.3, -0.25) is 4.79 Å². The molecule has 2 unspecified atom stereocenters. The van der Waals surface area contributed by atoms with Gasteiger partial charge in [0.2, 0.25) is 5.91 Å². The molecule has 1 aliphatic carbocycles. The number of aryl methyl sites for hydroxylation is 1. The molecule has 1 aliphatic rings. The molecular formula is C21H25NO2S. The van der Waals surface area contributed by atoms with Crippen LogP contribution < -0.4 is 5.32 Å². The second-order valence-electron chi connectivity index (χ2n) is 6.53. The minimum Gasteiger partial charge on any atom is -0.388 e. The largest absolute Gasteiger partial charge is 0.388 e. The number of aliphatic hydroxyl groups is 1. The van der Waals surface area contributed by atoms with Crippen LogP contribution in [0.3, 0.4) is 0 Å². The smallest absolute Gasteiger partial charge is 0.230 e. The van der Waals surface area contributed by atoms with Crippen LogP contribution in [0.2, 0.25) is 0 Å². The van der Waals surface area contributed by atoms with Crippen LogP contribution >= 0.6 is 11.8 Å². The number of nitrogens with one attached hydrogen (secondary N) is 1. The third kappa shape index (κ3) is 5.10. The lowest BCUT2D eigenvalue weighted by molar-refractivity contribution is -0.118. The molecule has 3 rings (SSSR count). The molecule has 2 aromatic carbocycles. The molecule has 2 N–H and O–H groups in total. The van der Waals surface area contributed by atoms with E-state index in [0.717, 1.165) is 18.4 Å². The fraction of sp³-hybridized carbons (Fsp3) is 0.381. The highest BCUT2D eigenvalue weighted by Gasteiger charge is 2.20. The minimum atomic E-state index is -0.524. The zero-order chi connectivity index (χ0) is 17.5. The van der Waals surface area contributed by atoms with Gasteiger partial charge in [-0.25, -0.2) is 0 Å². The number of aliphatic hydroxyl groups excluding tert-OH is 1. The number of carbonyl (C=O) groups excluding carboxylic acids is 1. The van der Waals surface area contributed by atoms with Crippen molar-refractivity contribution in [2.24, 2.45) is 0 Å². The van der Waals surface area contributed by atoms with Crippen LogP contribution in [0, 0.1) is 0 Å². The molecular weight excluding hydrogens is 330 g/mol. The maximum Gasteiger partial charge on any atom is 0.230 e. The molecule has 0 bridgehead atoms. The Morgan fingerprint density at radius 1 is 1.16 bits per heavy atom. The molecule has 25 heavy (non-hydrogen) atoms. The Labute approximate surface area is 153 Å². The number of hydrogen-bond donors (Lipinski definition) is 2. The van der Waals surface area contributed by atoms with E-state index in [2.05, 4.69) is 29.6 Å². The predicted molar refractivity (Wildman–Crippen MR) is 104 cm³/mol. The van der Waals surface area contributed by atoms with Crippen molar-refractivity contribution in [3.8, 4) is 0 Å². The first-order valence-electron chi connectivity index (χ1n) is 8.89. The van der Waals surface area contributed by atoms with E-state index < -0.39 is 6.10 Å². The highest BCUT2D eigenvalue weighted by atomic mass is 32.2. The fourth-order valence-electron chi connectivity index (χ4n) is 3.39. The van der Waals surface area contributed by atoms with Crippen LogP contribution in [0.5, 0.6) is 0 Å². The van der Waals surface area contributed by atoms with Crippen molar-refractivity contribution >= 4 is 17.7 Å². The quantitative estimate of drug-likeness (QED) is 0.796. The second kappa shape index (κ2) is 9.07. The van der Waals surface area contributed by atoms with Gasteiger partial charge in [0.05, 0.1) is 11.9 Å². The van der Waals surface area contributed by atoms with Gasteiger partial charge in [-0.05, 0) is 36.0 Å². The summed E-state index contributed by atoms with van der Waals surface area (Å²) in [6.07, 6.45) is 2.95. The Morgan fingerprint density at radius 2 is 1.92 bits per heavy atom. The first kappa shape index (κ1) is 18.0. The van der Waals surface area contributed by atoms with E-state index in [1.165, 1.54) is 29.3 Å². The van der Waals surface area contributed by atoms with Crippen LogP contribution in [0.4, 0.5) is 0 Å². The molecule has 0 saturated carbocycles. The summed E-state index contributed by atoms with van der Waals surface area (Å²) in [4.78, 5) is 12.1. The van der Waals surface area contributed by atoms with Gasteiger partial charge in [0.1, 0.15) is 0 Å². The summed E-state index contributed by atoms with van der Waals surface area (Å²) in [5.41, 5.74) is 3.71. The first-order valence-corrected chi connectivity index (χ1v) is 10.0. The molecule has 0 radical (unpaired) electrons. The molecule has 2 aromatic rings. The Bertz CT molecular complexity index is 689. The average molecular weight is 356 g/mol. The van der Waals surface area contributed by atoms with E-state index in [1.54, 1.807) is 0 Å². The van der Waals surface area contributed by atoms with E-state index in [1.807, 2.05) is 30.3 Å². The summed E-state index contributed by atoms with van der Waals surface area (Å²) in [5.74, 6) is 1.39. The highest BCUT2D eigenvalue weighted by Crippen LogP contribution is 2.30. The first-order chi connectivity index (χ1) is 12.2. The summed E-state index contributed by atoms with van der Waals surface area (Å²) in [5, 5.41) is 13.2. The minimum absolute atomic E-state index is 0.0494. The van der Waals surface area contributed by atoms with E-state index >= 15 is 0 Å². The van der Waals surface area contributed by atoms with Crippen molar-refractivity contribution in [3.05, 3.63) is 71.3 Å². The number of fused-ring (bicyclic) bond motifs is 1. The van der Waals surface area contributed by atoms with Crippen LogP contribution in [0.1, 0.15) is 41.6 Å². The number of amides is 1. The maximum absolute atomic E-state index is 12.1. The topological polar surface area (TPSA) is 49.3 Å². The molecule has 0 fully saturated rings. The molecule has 0 saturated heterocycles. The van der Waals surface area contributed by atoms with Gasteiger partial charge in [-0.2, -0.15) is 0 Å². The summed E-state index contributed by atoms with van der Waals surface area (Å²) in [6.45, 7) is 0.706. The predicted octanol–water partition coefficient (Wildman–Crippen LogP) is 3.69. The van der Waals surface area contributed by atoms with E-state index in [4.69, 9.17) is 0 Å². The number of carbonyl (C=O) groups is 1. The van der Waals surface area contributed by atoms with Crippen molar-refractivity contribution in [1.29, 1.82) is 0 Å². The number of rotatable bonds is 7. The molecule has 0 heterocycles. The Morgan fingerprint density at radius 3 is 2.76 bits per heavy atom. The summed E-state index contributed by atoms with van der Waals surface area (Å²) in [6, 6.07) is 18.1. The zero-order valence-electron chi connectivity index (χ0n) is 14.4. The Kier molecular flexibility index (Phi) is 6.54. The monoisotopic (exact) mass is 355 g/mol. The van der Waals surface area contributed by atoms with Gasteiger partial charge in [0.15, 0.2) is 0 Å². The highest BCUT2D eigenvalue weighted by molar-refractivity contribution is 7.99. The third-order valence-corrected chi connectivity index (χ3v) is 5.75. The SMILES string of the molecule is O=C(CSCC(O)c1ccccc1)NCC1CCCc2ccccc21. The second-order valence-corrected chi connectivity index (χ2v) is 7.56. The average Bonchev–Trinajstić information content (AvgIpc) is 2.67. The van der Waals surface area contributed by atoms with E-state index in [-0.39, 0.29) is 5.91 Å². The molecule has 4 heteroatoms. The van der Waals surface area contributed by atoms with Gasteiger partial charge in [0, 0.05) is 18.2 Å². The zero-order valence-corrected chi connectivity index (χ0v) is 15.2. The van der Waals surface area contributed by atoms with Crippen molar-refractivity contribution in [1.82, 2.24) is 5.32 Å². The van der Waals surface area contributed by atoms with Crippen molar-refractivity contribution in [2.45, 2.75) is 31.3 Å². The fourth-order valence-corrected chi connectivity index (χ4v) is 4.21. The number of hydrogen-bond acceptors (Lipinski definition) is 3. The van der Waals surface area contributed by atoms with Crippen LogP contribution in [-0.2, 0) is 11.2 Å². The Balaban J connectivity index is 1.40. The van der Waals surface area contributed by atoms with Crippen LogP contribution in [-0.4, -0.2) is 29.1 Å². The van der Waals surface area contributed by atoms with Crippen LogP contribution in [0.15, 0.2) is 54.6 Å². The lowest BCUT2D eigenvalue weighted by atomic mass is 9.83. The van der Waals surface area contributed by atoms with Gasteiger partial charge >= 0.3 is 0 Å².